The van der Waals surface area contributed by atoms with Crippen LogP contribution in [0.5, 0.6) is 11.5 Å². The molecule has 26 heavy (non-hydrogen) atoms. The molecular weight excluding hydrogens is 356 g/mol. The van der Waals surface area contributed by atoms with Crippen molar-refractivity contribution in [3.05, 3.63) is 48.0 Å². The van der Waals surface area contributed by atoms with Gasteiger partial charge in [0, 0.05) is 5.69 Å². The van der Waals surface area contributed by atoms with Crippen molar-refractivity contribution in [1.29, 1.82) is 0 Å². The highest BCUT2D eigenvalue weighted by Gasteiger charge is 2.19. The van der Waals surface area contributed by atoms with Crippen molar-refractivity contribution in [2.75, 3.05) is 24.5 Å². The minimum atomic E-state index is -3.78. The van der Waals surface area contributed by atoms with Gasteiger partial charge in [-0.05, 0) is 48.9 Å². The predicted octanol–water partition coefficient (Wildman–Crippen LogP) is 2.40. The average Bonchev–Trinajstić information content (AvgIpc) is 2.82. The van der Waals surface area contributed by atoms with Crippen LogP contribution in [0.4, 0.5) is 5.69 Å². The van der Waals surface area contributed by atoms with Crippen LogP contribution in [0.25, 0.3) is 0 Å². The summed E-state index contributed by atoms with van der Waals surface area (Å²) in [4.78, 5) is 12.1. The van der Waals surface area contributed by atoms with E-state index in [1.165, 1.54) is 18.2 Å². The van der Waals surface area contributed by atoms with Gasteiger partial charge in [0.1, 0.15) is 18.1 Å². The molecule has 0 saturated heterocycles. The first-order valence-corrected chi connectivity index (χ1v) is 9.78. The number of rotatable bonds is 6. The van der Waals surface area contributed by atoms with Crippen molar-refractivity contribution in [3.63, 3.8) is 0 Å². The summed E-state index contributed by atoms with van der Waals surface area (Å²) in [6.45, 7) is 3.34. The van der Waals surface area contributed by atoms with Crippen molar-refractivity contribution in [1.82, 2.24) is 5.32 Å². The van der Waals surface area contributed by atoms with Crippen LogP contribution in [0.3, 0.4) is 0 Å². The molecule has 138 valence electrons. The molecule has 0 atom stereocenters. The monoisotopic (exact) mass is 376 g/mol. The van der Waals surface area contributed by atoms with Crippen LogP contribution in [0.2, 0.25) is 0 Å². The largest absolute Gasteiger partial charge is 0.494 e. The second kappa shape index (κ2) is 7.65. The summed E-state index contributed by atoms with van der Waals surface area (Å²) in [6, 6.07) is 10.8. The van der Waals surface area contributed by atoms with Crippen LogP contribution in [-0.4, -0.2) is 34.1 Å². The summed E-state index contributed by atoms with van der Waals surface area (Å²) < 4.78 is 38.5. The third-order valence-corrected chi connectivity index (χ3v) is 5.13. The number of anilines is 1. The molecule has 2 aromatic rings. The summed E-state index contributed by atoms with van der Waals surface area (Å²) in [5.74, 6) is 0.751. The minimum Gasteiger partial charge on any atom is -0.494 e. The van der Waals surface area contributed by atoms with Gasteiger partial charge in [0.25, 0.3) is 15.9 Å². The molecule has 3 rings (SSSR count). The van der Waals surface area contributed by atoms with Gasteiger partial charge >= 0.3 is 0 Å². The van der Waals surface area contributed by atoms with Crippen LogP contribution >= 0.6 is 0 Å². The number of hydrogen-bond donors (Lipinski definition) is 2. The summed E-state index contributed by atoms with van der Waals surface area (Å²) >= 11 is 0. The SMILES string of the molecule is CCCOc1ccc(S(=O)(=O)Nc2ccc3c(c2)C(=O)NCCO3)cc1. The highest BCUT2D eigenvalue weighted by molar-refractivity contribution is 7.92. The van der Waals surface area contributed by atoms with Crippen molar-refractivity contribution < 1.29 is 22.7 Å². The number of carbonyl (C=O) groups is 1. The number of nitrogens with one attached hydrogen (secondary N) is 2. The quantitative estimate of drug-likeness (QED) is 0.807. The Morgan fingerprint density at radius 1 is 1.19 bits per heavy atom. The van der Waals surface area contributed by atoms with E-state index in [0.29, 0.717) is 36.8 Å². The van der Waals surface area contributed by atoms with Gasteiger partial charge in [-0.15, -0.1) is 0 Å². The smallest absolute Gasteiger partial charge is 0.261 e. The molecule has 1 aliphatic rings. The van der Waals surface area contributed by atoms with Crippen LogP contribution in [0, 0.1) is 0 Å². The van der Waals surface area contributed by atoms with Gasteiger partial charge in [-0.2, -0.15) is 0 Å². The highest BCUT2D eigenvalue weighted by atomic mass is 32.2. The molecular formula is C18H20N2O5S. The van der Waals surface area contributed by atoms with Crippen LogP contribution in [-0.2, 0) is 10.0 Å². The molecule has 1 heterocycles. The lowest BCUT2D eigenvalue weighted by Crippen LogP contribution is -2.24. The van der Waals surface area contributed by atoms with E-state index in [2.05, 4.69) is 10.0 Å². The van der Waals surface area contributed by atoms with E-state index in [1.807, 2.05) is 6.92 Å². The van der Waals surface area contributed by atoms with E-state index in [0.717, 1.165) is 6.42 Å². The lowest BCUT2D eigenvalue weighted by molar-refractivity contribution is 0.0957. The van der Waals surface area contributed by atoms with Crippen molar-refractivity contribution >= 4 is 21.6 Å². The van der Waals surface area contributed by atoms with Gasteiger partial charge in [-0.3, -0.25) is 9.52 Å². The number of amides is 1. The zero-order valence-electron chi connectivity index (χ0n) is 14.3. The van der Waals surface area contributed by atoms with E-state index >= 15 is 0 Å². The number of hydrogen-bond acceptors (Lipinski definition) is 5. The molecule has 0 aromatic heterocycles. The second-order valence-corrected chi connectivity index (χ2v) is 7.42. The molecule has 1 amide bonds. The van der Waals surface area contributed by atoms with E-state index < -0.39 is 10.0 Å². The fourth-order valence-electron chi connectivity index (χ4n) is 2.47. The van der Waals surface area contributed by atoms with Gasteiger partial charge in [-0.25, -0.2) is 8.42 Å². The van der Waals surface area contributed by atoms with Crippen LogP contribution < -0.4 is 19.5 Å². The van der Waals surface area contributed by atoms with Crippen LogP contribution in [0.15, 0.2) is 47.4 Å². The zero-order chi connectivity index (χ0) is 18.6. The number of sulfonamides is 1. The molecule has 7 nitrogen and oxygen atoms in total. The molecule has 0 saturated carbocycles. The molecule has 0 radical (unpaired) electrons. The number of carbonyl (C=O) groups excluding carboxylic acids is 1. The van der Waals surface area contributed by atoms with Gasteiger partial charge in [0.2, 0.25) is 0 Å². The second-order valence-electron chi connectivity index (χ2n) is 5.74. The Labute approximate surface area is 152 Å². The molecule has 0 spiro atoms. The molecule has 2 N–H and O–H groups in total. The molecule has 8 heteroatoms. The highest BCUT2D eigenvalue weighted by Crippen LogP contribution is 2.26. The third-order valence-electron chi connectivity index (χ3n) is 3.73. The van der Waals surface area contributed by atoms with Crippen molar-refractivity contribution in [2.45, 2.75) is 18.2 Å². The molecule has 2 aromatic carbocycles. The Morgan fingerprint density at radius 2 is 1.96 bits per heavy atom. The summed E-state index contributed by atoms with van der Waals surface area (Å²) in [5.41, 5.74) is 0.585. The Bertz CT molecular complexity index is 894. The normalized spacial score (nSPS) is 13.8. The maximum Gasteiger partial charge on any atom is 0.261 e. The van der Waals surface area contributed by atoms with Crippen molar-refractivity contribution in [2.24, 2.45) is 0 Å². The zero-order valence-corrected chi connectivity index (χ0v) is 15.1. The van der Waals surface area contributed by atoms with Crippen LogP contribution in [0.1, 0.15) is 23.7 Å². The molecule has 0 bridgehead atoms. The fraction of sp³-hybridized carbons (Fsp3) is 0.278. The Morgan fingerprint density at radius 3 is 2.69 bits per heavy atom. The molecule has 0 aliphatic carbocycles. The van der Waals surface area contributed by atoms with Gasteiger partial charge in [-0.1, -0.05) is 6.92 Å². The molecule has 0 unspecified atom stereocenters. The summed E-state index contributed by atoms with van der Waals surface area (Å²) in [7, 11) is -3.78. The standard InChI is InChI=1S/C18H20N2O5S/c1-2-10-24-14-4-6-15(7-5-14)26(22,23)20-13-3-8-17-16(12-13)18(21)19-9-11-25-17/h3-8,12,20H,2,9-11H2,1H3,(H,19,21). The first-order valence-electron chi connectivity index (χ1n) is 8.30. The molecule has 0 fully saturated rings. The number of ether oxygens (including phenoxy) is 2. The molecule has 1 aliphatic heterocycles. The maximum absolute atomic E-state index is 12.6. The average molecular weight is 376 g/mol. The van der Waals surface area contributed by atoms with Gasteiger partial charge in [0.15, 0.2) is 0 Å². The Kier molecular flexibility index (Phi) is 5.32. The van der Waals surface area contributed by atoms with Gasteiger partial charge in [0.05, 0.1) is 23.6 Å². The van der Waals surface area contributed by atoms with E-state index in [-0.39, 0.29) is 16.5 Å². The first kappa shape index (κ1) is 18.1. The third kappa shape index (κ3) is 4.08. The number of benzene rings is 2. The first-order chi connectivity index (χ1) is 12.5. The minimum absolute atomic E-state index is 0.108. The predicted molar refractivity (Wildman–Crippen MR) is 97.3 cm³/mol. The lowest BCUT2D eigenvalue weighted by atomic mass is 10.1. The van der Waals surface area contributed by atoms with E-state index in [1.54, 1.807) is 24.3 Å². The summed E-state index contributed by atoms with van der Waals surface area (Å²) in [6.07, 6.45) is 0.872. The van der Waals surface area contributed by atoms with E-state index in [4.69, 9.17) is 9.47 Å². The number of fused-ring (bicyclic) bond motifs is 1. The van der Waals surface area contributed by atoms with Crippen molar-refractivity contribution in [3.8, 4) is 11.5 Å². The summed E-state index contributed by atoms with van der Waals surface area (Å²) in [5, 5.41) is 2.69. The lowest BCUT2D eigenvalue weighted by Gasteiger charge is -2.11. The van der Waals surface area contributed by atoms with E-state index in [9.17, 15) is 13.2 Å². The topological polar surface area (TPSA) is 93.7 Å². The fourth-order valence-corrected chi connectivity index (χ4v) is 3.52. The maximum atomic E-state index is 12.6. The Balaban J connectivity index is 1.80. The Hall–Kier alpha value is -2.74. The van der Waals surface area contributed by atoms with Gasteiger partial charge < -0.3 is 14.8 Å².